The molecule has 11 aromatic rings. The highest BCUT2D eigenvalue weighted by atomic mass is 32.1. The topological polar surface area (TPSA) is 35.6 Å². The summed E-state index contributed by atoms with van der Waals surface area (Å²) in [4.78, 5) is 10.1. The van der Waals surface area contributed by atoms with E-state index >= 15 is 0 Å². The summed E-state index contributed by atoms with van der Waals surface area (Å²) in [7, 11) is 0. The summed E-state index contributed by atoms with van der Waals surface area (Å²) in [6.45, 7) is 0. The van der Waals surface area contributed by atoms with Crippen molar-refractivity contribution in [2.75, 3.05) is 0 Å². The van der Waals surface area contributed by atoms with Crippen LogP contribution in [0.3, 0.4) is 0 Å². The van der Waals surface area contributed by atoms with Crippen LogP contribution >= 0.6 is 11.3 Å². The highest BCUT2D eigenvalue weighted by molar-refractivity contribution is 7.26. The van der Waals surface area contributed by atoms with E-state index < -0.39 is 0 Å². The second-order valence-electron chi connectivity index (χ2n) is 13.0. The van der Waals surface area contributed by atoms with Crippen LogP contribution in [0.15, 0.2) is 170 Å². The maximum atomic E-state index is 5.22. The SMILES string of the molecule is c1ccc(-n2c3ccccc3c3ccc4c(c5ccccc5n4-c4nccc(-c5ccc(-c6cccc7c6sc6ccccc67)cc5)n4)c32)cc1. The predicted octanol–water partition coefficient (Wildman–Crippen LogP) is 12.4. The van der Waals surface area contributed by atoms with Crippen molar-refractivity contribution in [1.29, 1.82) is 0 Å². The Morgan fingerprint density at radius 1 is 0.451 bits per heavy atom. The Balaban J connectivity index is 1.08. The molecule has 0 atom stereocenters. The zero-order valence-corrected chi connectivity index (χ0v) is 28.2. The molecule has 0 fully saturated rings. The van der Waals surface area contributed by atoms with Gasteiger partial charge in [-0.05, 0) is 53.6 Å². The number of rotatable bonds is 4. The third-order valence-electron chi connectivity index (χ3n) is 10.2. The summed E-state index contributed by atoms with van der Waals surface area (Å²) in [5.74, 6) is 0.652. The highest BCUT2D eigenvalue weighted by Crippen LogP contribution is 2.42. The molecule has 0 radical (unpaired) electrons. The lowest BCUT2D eigenvalue weighted by Crippen LogP contribution is -2.01. The van der Waals surface area contributed by atoms with Gasteiger partial charge in [0.1, 0.15) is 0 Å². The molecule has 0 aliphatic rings. The first-order chi connectivity index (χ1) is 25.3. The number of thiophene rings is 1. The molecule has 0 N–H and O–H groups in total. The van der Waals surface area contributed by atoms with Crippen molar-refractivity contribution in [3.63, 3.8) is 0 Å². The molecule has 0 aliphatic carbocycles. The van der Waals surface area contributed by atoms with E-state index in [0.29, 0.717) is 5.95 Å². The van der Waals surface area contributed by atoms with Gasteiger partial charge in [0.15, 0.2) is 0 Å². The van der Waals surface area contributed by atoms with E-state index in [0.717, 1.165) is 28.0 Å². The van der Waals surface area contributed by atoms with Crippen molar-refractivity contribution in [3.05, 3.63) is 170 Å². The van der Waals surface area contributed by atoms with Crippen LogP contribution in [0.5, 0.6) is 0 Å². The predicted molar refractivity (Wildman–Crippen MR) is 214 cm³/mol. The van der Waals surface area contributed by atoms with Crippen LogP contribution in [0.2, 0.25) is 0 Å². The van der Waals surface area contributed by atoms with Crippen molar-refractivity contribution in [2.45, 2.75) is 0 Å². The summed E-state index contributed by atoms with van der Waals surface area (Å²) in [5.41, 5.74) is 10.1. The fourth-order valence-electron chi connectivity index (χ4n) is 7.98. The summed E-state index contributed by atoms with van der Waals surface area (Å²) in [6, 6.07) is 58.6. The lowest BCUT2D eigenvalue weighted by Gasteiger charge is -2.10. The van der Waals surface area contributed by atoms with Crippen molar-refractivity contribution in [1.82, 2.24) is 19.1 Å². The Hall–Kier alpha value is -6.56. The van der Waals surface area contributed by atoms with Gasteiger partial charge in [0.2, 0.25) is 5.95 Å². The molecule has 4 heterocycles. The fourth-order valence-corrected chi connectivity index (χ4v) is 9.22. The van der Waals surface area contributed by atoms with E-state index in [-0.39, 0.29) is 0 Å². The van der Waals surface area contributed by atoms with Crippen LogP contribution < -0.4 is 0 Å². The molecular formula is C46H28N4S. The number of hydrogen-bond donors (Lipinski definition) is 0. The second-order valence-corrected chi connectivity index (χ2v) is 14.0. The third-order valence-corrected chi connectivity index (χ3v) is 11.4. The van der Waals surface area contributed by atoms with E-state index in [2.05, 4.69) is 167 Å². The molecule has 4 nitrogen and oxygen atoms in total. The molecule has 0 bridgehead atoms. The van der Waals surface area contributed by atoms with E-state index in [1.54, 1.807) is 0 Å². The summed E-state index contributed by atoms with van der Waals surface area (Å²) in [5, 5.41) is 7.46. The molecule has 11 rings (SSSR count). The average molecular weight is 669 g/mol. The minimum Gasteiger partial charge on any atom is -0.309 e. The van der Waals surface area contributed by atoms with Crippen LogP contribution in [-0.2, 0) is 0 Å². The first-order valence-electron chi connectivity index (χ1n) is 17.2. The molecule has 0 saturated heterocycles. The maximum Gasteiger partial charge on any atom is 0.235 e. The lowest BCUT2D eigenvalue weighted by atomic mass is 10.0. The molecule has 0 saturated carbocycles. The van der Waals surface area contributed by atoms with Crippen molar-refractivity contribution >= 4 is 75.1 Å². The average Bonchev–Trinajstić information content (AvgIpc) is 3.86. The first-order valence-corrected chi connectivity index (χ1v) is 18.0. The number of benzene rings is 7. The Bertz CT molecular complexity index is 3130. The van der Waals surface area contributed by atoms with Gasteiger partial charge in [-0.2, -0.15) is 0 Å². The molecule has 0 spiro atoms. The Morgan fingerprint density at radius 3 is 1.98 bits per heavy atom. The number of aromatic nitrogens is 4. The van der Waals surface area contributed by atoms with Gasteiger partial charge < -0.3 is 4.57 Å². The van der Waals surface area contributed by atoms with E-state index in [1.807, 2.05) is 23.6 Å². The van der Waals surface area contributed by atoms with Gasteiger partial charge in [-0.25, -0.2) is 9.97 Å². The normalized spacial score (nSPS) is 11.9. The quantitative estimate of drug-likeness (QED) is 0.187. The van der Waals surface area contributed by atoms with Crippen LogP contribution in [0.1, 0.15) is 0 Å². The minimum absolute atomic E-state index is 0.652. The fraction of sp³-hybridized carbons (Fsp3) is 0. The maximum absolute atomic E-state index is 5.22. The molecular weight excluding hydrogens is 641 g/mol. The number of fused-ring (bicyclic) bond motifs is 10. The number of hydrogen-bond acceptors (Lipinski definition) is 3. The smallest absolute Gasteiger partial charge is 0.235 e. The van der Waals surface area contributed by atoms with Gasteiger partial charge in [-0.1, -0.05) is 121 Å². The molecule has 4 aromatic heterocycles. The van der Waals surface area contributed by atoms with Gasteiger partial charge in [-0.15, -0.1) is 11.3 Å². The Labute approximate surface area is 297 Å². The van der Waals surface area contributed by atoms with Crippen molar-refractivity contribution < 1.29 is 0 Å². The monoisotopic (exact) mass is 668 g/mol. The first kappa shape index (κ1) is 28.3. The zero-order chi connectivity index (χ0) is 33.5. The zero-order valence-electron chi connectivity index (χ0n) is 27.4. The number of para-hydroxylation sites is 3. The highest BCUT2D eigenvalue weighted by Gasteiger charge is 2.21. The summed E-state index contributed by atoms with van der Waals surface area (Å²) < 4.78 is 7.26. The minimum atomic E-state index is 0.652. The van der Waals surface area contributed by atoms with Crippen molar-refractivity contribution in [2.24, 2.45) is 0 Å². The molecule has 0 amide bonds. The van der Waals surface area contributed by atoms with Crippen molar-refractivity contribution in [3.8, 4) is 34.0 Å². The Morgan fingerprint density at radius 2 is 1.14 bits per heavy atom. The van der Waals surface area contributed by atoms with Gasteiger partial charge in [0.05, 0.1) is 27.8 Å². The standard InChI is InChI=1S/C46H28N4S/c1-2-11-31(12-3-1)49-39-18-7-4-13-33(39)35-25-26-41-43(44(35)49)37-15-5-8-19-40(37)50(41)46-47-28-27-38(48-46)30-23-21-29(22-24-30)32-16-10-17-36-34-14-6-9-20-42(34)51-45(32)36/h1-28H. The van der Waals surface area contributed by atoms with Gasteiger partial charge in [0, 0.05) is 59.2 Å². The van der Waals surface area contributed by atoms with Crippen LogP contribution in [0, 0.1) is 0 Å². The van der Waals surface area contributed by atoms with Crippen LogP contribution in [-0.4, -0.2) is 19.1 Å². The molecule has 238 valence electrons. The van der Waals surface area contributed by atoms with Gasteiger partial charge in [0.25, 0.3) is 0 Å². The van der Waals surface area contributed by atoms with Gasteiger partial charge >= 0.3 is 0 Å². The van der Waals surface area contributed by atoms with E-state index in [4.69, 9.17) is 9.97 Å². The molecule has 51 heavy (non-hydrogen) atoms. The largest absolute Gasteiger partial charge is 0.309 e. The van der Waals surface area contributed by atoms with E-state index in [9.17, 15) is 0 Å². The molecule has 5 heteroatoms. The van der Waals surface area contributed by atoms with Crippen LogP contribution in [0.4, 0.5) is 0 Å². The van der Waals surface area contributed by atoms with E-state index in [1.165, 1.54) is 63.9 Å². The summed E-state index contributed by atoms with van der Waals surface area (Å²) in [6.07, 6.45) is 1.88. The van der Waals surface area contributed by atoms with Crippen LogP contribution in [0.25, 0.3) is 97.8 Å². The Kier molecular flexibility index (Phi) is 6.09. The second kappa shape index (κ2) is 11.0. The molecule has 0 unspecified atom stereocenters. The molecule has 0 aliphatic heterocycles. The summed E-state index contributed by atoms with van der Waals surface area (Å²) >= 11 is 1.86. The third kappa shape index (κ3) is 4.19. The number of nitrogens with zero attached hydrogens (tertiary/aromatic N) is 4. The molecule has 7 aromatic carbocycles. The lowest BCUT2D eigenvalue weighted by molar-refractivity contribution is 0.992. The van der Waals surface area contributed by atoms with Gasteiger partial charge in [-0.3, -0.25) is 4.57 Å².